The summed E-state index contributed by atoms with van der Waals surface area (Å²) in [6.45, 7) is -1.58. The van der Waals surface area contributed by atoms with Gasteiger partial charge in [-0.1, -0.05) is 0 Å². The Kier molecular flexibility index (Phi) is 11.5. The van der Waals surface area contributed by atoms with E-state index in [0.29, 0.717) is 0 Å². The van der Waals surface area contributed by atoms with Gasteiger partial charge in [0.05, 0.1) is 26.4 Å². The molecule has 10 N–H and O–H groups in total. The monoisotopic (exact) mass is 484 g/mol. The molecule has 0 aromatic carbocycles. The Labute approximate surface area is 176 Å². The SMILES string of the molecule is O=S(=O)(O)O.OC[C@H]1O[C@@H](OCCO[C@@H]2O[C@H](CO)[C@@H](O)[C@H](O)[C@H]2O)[C@H](O)[C@@H](O)[C@@H]1O. The molecule has 0 spiro atoms. The highest BCUT2D eigenvalue weighted by atomic mass is 32.3. The first-order chi connectivity index (χ1) is 14.3. The molecule has 2 heterocycles. The summed E-state index contributed by atoms with van der Waals surface area (Å²) in [5.41, 5.74) is 0. The van der Waals surface area contributed by atoms with Crippen molar-refractivity contribution in [1.29, 1.82) is 0 Å². The fourth-order valence-electron chi connectivity index (χ4n) is 2.74. The lowest BCUT2D eigenvalue weighted by Crippen LogP contribution is -2.59. The van der Waals surface area contributed by atoms with Gasteiger partial charge in [-0.15, -0.1) is 0 Å². The molecule has 0 aromatic rings. The van der Waals surface area contributed by atoms with Crippen LogP contribution in [0.2, 0.25) is 0 Å². The second kappa shape index (κ2) is 12.6. The van der Waals surface area contributed by atoms with Gasteiger partial charge in [0.25, 0.3) is 0 Å². The van der Waals surface area contributed by atoms with Gasteiger partial charge < -0.3 is 59.8 Å². The van der Waals surface area contributed by atoms with Crippen molar-refractivity contribution in [3.8, 4) is 0 Å². The predicted molar refractivity (Wildman–Crippen MR) is 93.6 cm³/mol. The van der Waals surface area contributed by atoms with Crippen LogP contribution >= 0.6 is 0 Å². The first kappa shape index (κ1) is 28.4. The summed E-state index contributed by atoms with van der Waals surface area (Å²) < 4.78 is 52.2. The third-order valence-corrected chi connectivity index (χ3v) is 4.34. The molecule has 31 heavy (non-hydrogen) atoms. The minimum Gasteiger partial charge on any atom is -0.394 e. The summed E-state index contributed by atoms with van der Waals surface area (Å²) in [5.74, 6) is 0. The average Bonchev–Trinajstić information content (AvgIpc) is 2.69. The molecule has 2 fully saturated rings. The highest BCUT2D eigenvalue weighted by Gasteiger charge is 2.45. The van der Waals surface area contributed by atoms with Crippen LogP contribution in [-0.2, 0) is 29.3 Å². The molecule has 16 nitrogen and oxygen atoms in total. The highest BCUT2D eigenvalue weighted by molar-refractivity contribution is 7.79. The van der Waals surface area contributed by atoms with Gasteiger partial charge in [0.15, 0.2) is 12.6 Å². The van der Waals surface area contributed by atoms with Crippen LogP contribution in [-0.4, -0.2) is 146 Å². The van der Waals surface area contributed by atoms with E-state index >= 15 is 0 Å². The van der Waals surface area contributed by atoms with Crippen LogP contribution in [0, 0.1) is 0 Å². The Balaban J connectivity index is 0.000000861. The molecular weight excluding hydrogens is 456 g/mol. The smallest absolute Gasteiger partial charge is 0.394 e. The van der Waals surface area contributed by atoms with Crippen molar-refractivity contribution in [2.75, 3.05) is 26.4 Å². The summed E-state index contributed by atoms with van der Waals surface area (Å²) in [6.07, 6.45) is -14.1. The normalized spacial score (nSPS) is 41.4. The number of hydrogen-bond acceptors (Lipinski definition) is 14. The number of aliphatic hydroxyl groups is 8. The van der Waals surface area contributed by atoms with E-state index in [1.165, 1.54) is 0 Å². The van der Waals surface area contributed by atoms with Crippen molar-refractivity contribution in [2.24, 2.45) is 0 Å². The second-order valence-corrected chi connectivity index (χ2v) is 7.48. The number of aliphatic hydroxyl groups excluding tert-OH is 8. The molecule has 0 aliphatic carbocycles. The zero-order valence-corrected chi connectivity index (χ0v) is 16.7. The zero-order valence-electron chi connectivity index (χ0n) is 15.9. The summed E-state index contributed by atoms with van der Waals surface area (Å²) in [6, 6.07) is 0. The van der Waals surface area contributed by atoms with Gasteiger partial charge in [-0.2, -0.15) is 8.42 Å². The van der Waals surface area contributed by atoms with E-state index in [9.17, 15) is 30.6 Å². The zero-order chi connectivity index (χ0) is 23.9. The van der Waals surface area contributed by atoms with E-state index in [0.717, 1.165) is 0 Å². The minimum absolute atomic E-state index is 0.197. The minimum atomic E-state index is -4.67. The molecule has 2 saturated heterocycles. The van der Waals surface area contributed by atoms with Crippen LogP contribution < -0.4 is 0 Å². The Morgan fingerprint density at radius 1 is 0.613 bits per heavy atom. The molecule has 0 radical (unpaired) electrons. The molecule has 0 amide bonds. The van der Waals surface area contributed by atoms with Crippen LogP contribution in [0.4, 0.5) is 0 Å². The summed E-state index contributed by atoms with van der Waals surface area (Å²) in [5, 5.41) is 76.4. The maximum Gasteiger partial charge on any atom is 0.394 e. The number of ether oxygens (including phenoxy) is 4. The van der Waals surface area contributed by atoms with Gasteiger partial charge >= 0.3 is 10.4 Å². The standard InChI is InChI=1S/C14H26O12.H2O4S/c15-3-5-7(17)9(19)11(21)13(25-5)23-1-2-24-14-12(22)10(20)8(18)6(4-16)26-14;1-5(2,3)4/h5-22H,1-4H2;(H2,1,2,3,4)/t5-,6-,7-,8-,9+,10+,11-,12-,13-,14-;/m1./s1. The van der Waals surface area contributed by atoms with E-state index in [1.54, 1.807) is 0 Å². The highest BCUT2D eigenvalue weighted by Crippen LogP contribution is 2.23. The lowest BCUT2D eigenvalue weighted by molar-refractivity contribution is -0.317. The lowest BCUT2D eigenvalue weighted by atomic mass is 9.99. The van der Waals surface area contributed by atoms with Crippen LogP contribution in [0.1, 0.15) is 0 Å². The van der Waals surface area contributed by atoms with Crippen LogP contribution in [0.5, 0.6) is 0 Å². The largest absolute Gasteiger partial charge is 0.394 e. The van der Waals surface area contributed by atoms with Gasteiger partial charge in [0, 0.05) is 0 Å². The van der Waals surface area contributed by atoms with Crippen molar-refractivity contribution in [3.05, 3.63) is 0 Å². The third kappa shape index (κ3) is 8.68. The molecule has 0 bridgehead atoms. The quantitative estimate of drug-likeness (QED) is 0.119. The fourth-order valence-corrected chi connectivity index (χ4v) is 2.74. The van der Waals surface area contributed by atoms with E-state index < -0.39 is 85.0 Å². The maximum absolute atomic E-state index is 9.81. The van der Waals surface area contributed by atoms with Crippen LogP contribution in [0.3, 0.4) is 0 Å². The topological polar surface area (TPSA) is 273 Å². The summed E-state index contributed by atoms with van der Waals surface area (Å²) in [7, 11) is -4.67. The van der Waals surface area contributed by atoms with E-state index in [2.05, 4.69) is 0 Å². The van der Waals surface area contributed by atoms with E-state index in [-0.39, 0.29) is 13.2 Å². The Morgan fingerprint density at radius 3 is 1.16 bits per heavy atom. The first-order valence-electron chi connectivity index (χ1n) is 8.85. The van der Waals surface area contributed by atoms with Crippen molar-refractivity contribution in [1.82, 2.24) is 0 Å². The molecule has 186 valence electrons. The summed E-state index contributed by atoms with van der Waals surface area (Å²) >= 11 is 0. The van der Waals surface area contributed by atoms with Crippen molar-refractivity contribution in [3.63, 3.8) is 0 Å². The molecule has 0 saturated carbocycles. The lowest BCUT2D eigenvalue weighted by Gasteiger charge is -2.40. The number of hydrogen-bond donors (Lipinski definition) is 10. The molecule has 2 aliphatic rings. The molecule has 10 atom stereocenters. The van der Waals surface area contributed by atoms with E-state index in [1.807, 2.05) is 0 Å². The van der Waals surface area contributed by atoms with Gasteiger partial charge in [-0.05, 0) is 0 Å². The van der Waals surface area contributed by atoms with Gasteiger partial charge in [0.2, 0.25) is 0 Å². The van der Waals surface area contributed by atoms with Gasteiger partial charge in [-0.3, -0.25) is 9.11 Å². The van der Waals surface area contributed by atoms with Crippen LogP contribution in [0.15, 0.2) is 0 Å². The third-order valence-electron chi connectivity index (χ3n) is 4.34. The molecule has 17 heteroatoms. The molecular formula is C14H28O16S. The Morgan fingerprint density at radius 2 is 0.903 bits per heavy atom. The molecule has 0 aromatic heterocycles. The van der Waals surface area contributed by atoms with Crippen molar-refractivity contribution in [2.45, 2.75) is 61.4 Å². The Hall–Kier alpha value is -0.610. The molecule has 2 rings (SSSR count). The second-order valence-electron chi connectivity index (χ2n) is 6.58. The maximum atomic E-state index is 9.81. The fraction of sp³-hybridized carbons (Fsp3) is 1.00. The van der Waals surface area contributed by atoms with Gasteiger partial charge in [0.1, 0.15) is 48.8 Å². The first-order valence-corrected chi connectivity index (χ1v) is 10.3. The summed E-state index contributed by atoms with van der Waals surface area (Å²) in [4.78, 5) is 0. The average molecular weight is 484 g/mol. The van der Waals surface area contributed by atoms with Gasteiger partial charge in [-0.25, -0.2) is 0 Å². The van der Waals surface area contributed by atoms with Crippen LogP contribution in [0.25, 0.3) is 0 Å². The number of rotatable bonds is 7. The predicted octanol–water partition coefficient (Wildman–Crippen LogP) is -6.03. The molecule has 0 unspecified atom stereocenters. The van der Waals surface area contributed by atoms with E-state index in [4.69, 9.17) is 46.7 Å². The van der Waals surface area contributed by atoms with Crippen molar-refractivity contribution < 1.29 is 77.3 Å². The molecule has 2 aliphatic heterocycles. The van der Waals surface area contributed by atoms with Crippen molar-refractivity contribution >= 4 is 10.4 Å². The Bertz CT molecular complexity index is 567.